The number of methoxy groups -OCH3 is 1. The van der Waals surface area contributed by atoms with Gasteiger partial charge >= 0.3 is 0 Å². The zero-order valence-electron chi connectivity index (χ0n) is 12.5. The maximum absolute atomic E-state index is 5.38. The summed E-state index contributed by atoms with van der Waals surface area (Å²) in [6, 6.07) is 10.3. The lowest BCUT2D eigenvalue weighted by molar-refractivity contribution is 0.416. The van der Waals surface area contributed by atoms with Gasteiger partial charge in [0.1, 0.15) is 5.75 Å². The zero-order chi connectivity index (χ0) is 14.5. The average Bonchev–Trinajstić information content (AvgIpc) is 2.44. The lowest BCUT2D eigenvalue weighted by Gasteiger charge is -2.11. The van der Waals surface area contributed by atoms with E-state index in [0.717, 1.165) is 29.2 Å². The summed E-state index contributed by atoms with van der Waals surface area (Å²) in [5.41, 5.74) is 2.87. The molecule has 0 atom stereocenters. The molecule has 106 valence electrons. The van der Waals surface area contributed by atoms with E-state index in [1.54, 1.807) is 7.11 Å². The summed E-state index contributed by atoms with van der Waals surface area (Å²) in [6.45, 7) is 6.97. The van der Waals surface area contributed by atoms with E-state index < -0.39 is 0 Å². The van der Waals surface area contributed by atoms with E-state index >= 15 is 0 Å². The van der Waals surface area contributed by atoms with Gasteiger partial charge in [-0.1, -0.05) is 26.0 Å². The smallest absolute Gasteiger partial charge is 0.163 e. The molecule has 4 heteroatoms. The SMILES string of the molecule is COc1ccccc1-c1nc(C)cc(CNC(C)C)n1. The van der Waals surface area contributed by atoms with Crippen molar-refractivity contribution in [1.82, 2.24) is 15.3 Å². The van der Waals surface area contributed by atoms with Crippen LogP contribution in [0.2, 0.25) is 0 Å². The number of aryl methyl sites for hydroxylation is 1. The number of hydrogen-bond donors (Lipinski definition) is 1. The van der Waals surface area contributed by atoms with Crippen LogP contribution in [0.15, 0.2) is 30.3 Å². The molecule has 0 saturated carbocycles. The standard InChI is InChI=1S/C16H21N3O/c1-11(2)17-10-13-9-12(3)18-16(19-13)14-7-5-6-8-15(14)20-4/h5-9,11,17H,10H2,1-4H3. The highest BCUT2D eigenvalue weighted by atomic mass is 16.5. The molecule has 4 nitrogen and oxygen atoms in total. The maximum atomic E-state index is 5.38. The van der Waals surface area contributed by atoms with Crippen molar-refractivity contribution in [2.24, 2.45) is 0 Å². The van der Waals surface area contributed by atoms with Gasteiger partial charge in [0.2, 0.25) is 0 Å². The van der Waals surface area contributed by atoms with Crippen molar-refractivity contribution in [2.45, 2.75) is 33.4 Å². The van der Waals surface area contributed by atoms with Crippen LogP contribution in [0.4, 0.5) is 0 Å². The summed E-state index contributed by atoms with van der Waals surface area (Å²) < 4.78 is 5.38. The maximum Gasteiger partial charge on any atom is 0.163 e. The van der Waals surface area contributed by atoms with E-state index in [9.17, 15) is 0 Å². The fourth-order valence-electron chi connectivity index (χ4n) is 1.98. The first-order chi connectivity index (χ1) is 9.60. The lowest BCUT2D eigenvalue weighted by Crippen LogP contribution is -2.22. The van der Waals surface area contributed by atoms with E-state index in [1.807, 2.05) is 37.3 Å². The molecule has 0 bridgehead atoms. The predicted octanol–water partition coefficient (Wildman–Crippen LogP) is 2.96. The fourth-order valence-corrected chi connectivity index (χ4v) is 1.98. The van der Waals surface area contributed by atoms with Gasteiger partial charge in [-0.25, -0.2) is 9.97 Å². The minimum absolute atomic E-state index is 0.431. The number of rotatable bonds is 5. The number of benzene rings is 1. The molecule has 0 fully saturated rings. The molecular weight excluding hydrogens is 250 g/mol. The molecule has 2 rings (SSSR count). The van der Waals surface area contributed by atoms with Gasteiger partial charge in [0.05, 0.1) is 18.4 Å². The van der Waals surface area contributed by atoms with Crippen molar-refractivity contribution >= 4 is 0 Å². The van der Waals surface area contributed by atoms with Crippen LogP contribution in [0.5, 0.6) is 5.75 Å². The fraction of sp³-hybridized carbons (Fsp3) is 0.375. The Morgan fingerprint density at radius 1 is 1.20 bits per heavy atom. The number of ether oxygens (including phenoxy) is 1. The second-order valence-electron chi connectivity index (χ2n) is 5.06. The van der Waals surface area contributed by atoms with E-state index in [2.05, 4.69) is 29.1 Å². The van der Waals surface area contributed by atoms with Gasteiger partial charge in [-0.2, -0.15) is 0 Å². The van der Waals surface area contributed by atoms with Crippen LogP contribution in [0.3, 0.4) is 0 Å². The van der Waals surface area contributed by atoms with Crippen LogP contribution in [-0.2, 0) is 6.54 Å². The Labute approximate surface area is 120 Å². The van der Waals surface area contributed by atoms with Crippen LogP contribution >= 0.6 is 0 Å². The molecule has 0 aliphatic heterocycles. The highest BCUT2D eigenvalue weighted by molar-refractivity contribution is 5.64. The van der Waals surface area contributed by atoms with Gasteiger partial charge < -0.3 is 10.1 Å². The molecule has 20 heavy (non-hydrogen) atoms. The summed E-state index contributed by atoms with van der Waals surface area (Å²) >= 11 is 0. The minimum Gasteiger partial charge on any atom is -0.496 e. The Balaban J connectivity index is 2.36. The van der Waals surface area contributed by atoms with E-state index in [0.29, 0.717) is 11.9 Å². The number of nitrogens with zero attached hydrogens (tertiary/aromatic N) is 2. The molecule has 0 unspecified atom stereocenters. The molecule has 0 amide bonds. The largest absolute Gasteiger partial charge is 0.496 e. The van der Waals surface area contributed by atoms with Crippen molar-refractivity contribution in [2.75, 3.05) is 7.11 Å². The van der Waals surface area contributed by atoms with Gasteiger partial charge in [0.25, 0.3) is 0 Å². The topological polar surface area (TPSA) is 47.0 Å². The predicted molar refractivity (Wildman–Crippen MR) is 80.7 cm³/mol. The van der Waals surface area contributed by atoms with Crippen LogP contribution in [0.25, 0.3) is 11.4 Å². The number of nitrogens with one attached hydrogen (secondary N) is 1. The zero-order valence-corrected chi connectivity index (χ0v) is 12.5. The molecule has 1 aromatic heterocycles. The second kappa shape index (κ2) is 6.48. The summed E-state index contributed by atoms with van der Waals surface area (Å²) in [5.74, 6) is 1.50. The summed E-state index contributed by atoms with van der Waals surface area (Å²) in [4.78, 5) is 9.15. The quantitative estimate of drug-likeness (QED) is 0.908. The van der Waals surface area contributed by atoms with E-state index in [4.69, 9.17) is 4.74 Å². The molecule has 1 heterocycles. The Morgan fingerprint density at radius 3 is 2.65 bits per heavy atom. The average molecular weight is 271 g/mol. The third kappa shape index (κ3) is 3.54. The van der Waals surface area contributed by atoms with Crippen molar-refractivity contribution in [3.8, 4) is 17.1 Å². The van der Waals surface area contributed by atoms with Crippen LogP contribution in [0.1, 0.15) is 25.2 Å². The Hall–Kier alpha value is -1.94. The van der Waals surface area contributed by atoms with Gasteiger partial charge in [0.15, 0.2) is 5.82 Å². The Bertz CT molecular complexity index is 582. The van der Waals surface area contributed by atoms with Gasteiger partial charge in [-0.3, -0.25) is 0 Å². The number of hydrogen-bond acceptors (Lipinski definition) is 4. The van der Waals surface area contributed by atoms with Gasteiger partial charge in [0, 0.05) is 18.3 Å². The summed E-state index contributed by atoms with van der Waals surface area (Å²) in [5, 5.41) is 3.37. The first-order valence-electron chi connectivity index (χ1n) is 6.81. The minimum atomic E-state index is 0.431. The Morgan fingerprint density at radius 2 is 1.95 bits per heavy atom. The highest BCUT2D eigenvalue weighted by Gasteiger charge is 2.10. The normalized spacial score (nSPS) is 10.8. The monoisotopic (exact) mass is 271 g/mol. The summed E-state index contributed by atoms with van der Waals surface area (Å²) in [7, 11) is 1.66. The van der Waals surface area contributed by atoms with Crippen molar-refractivity contribution < 1.29 is 4.74 Å². The lowest BCUT2D eigenvalue weighted by atomic mass is 10.1. The van der Waals surface area contributed by atoms with Crippen LogP contribution in [0, 0.1) is 6.92 Å². The third-order valence-corrected chi connectivity index (χ3v) is 2.95. The molecule has 0 saturated heterocycles. The van der Waals surface area contributed by atoms with Crippen molar-refractivity contribution in [1.29, 1.82) is 0 Å². The van der Waals surface area contributed by atoms with Crippen LogP contribution < -0.4 is 10.1 Å². The van der Waals surface area contributed by atoms with Gasteiger partial charge in [-0.05, 0) is 25.1 Å². The number of aromatic nitrogens is 2. The third-order valence-electron chi connectivity index (χ3n) is 2.95. The molecular formula is C16H21N3O. The molecule has 0 aliphatic rings. The molecule has 0 aliphatic carbocycles. The van der Waals surface area contributed by atoms with Gasteiger partial charge in [-0.15, -0.1) is 0 Å². The first-order valence-corrected chi connectivity index (χ1v) is 6.81. The van der Waals surface area contributed by atoms with Crippen molar-refractivity contribution in [3.05, 3.63) is 41.7 Å². The van der Waals surface area contributed by atoms with Crippen molar-refractivity contribution in [3.63, 3.8) is 0 Å². The Kier molecular flexibility index (Phi) is 4.69. The molecule has 1 N–H and O–H groups in total. The molecule has 0 radical (unpaired) electrons. The van der Waals surface area contributed by atoms with Crippen LogP contribution in [-0.4, -0.2) is 23.1 Å². The molecule has 2 aromatic rings. The number of para-hydroxylation sites is 1. The second-order valence-corrected chi connectivity index (χ2v) is 5.06. The van der Waals surface area contributed by atoms with E-state index in [1.165, 1.54) is 0 Å². The summed E-state index contributed by atoms with van der Waals surface area (Å²) in [6.07, 6.45) is 0. The molecule has 0 spiro atoms. The van der Waals surface area contributed by atoms with E-state index in [-0.39, 0.29) is 0 Å². The molecule has 1 aromatic carbocycles. The highest BCUT2D eigenvalue weighted by Crippen LogP contribution is 2.27. The first kappa shape index (κ1) is 14.5.